The first-order chi connectivity index (χ1) is 9.18. The van der Waals surface area contributed by atoms with E-state index in [2.05, 4.69) is 5.32 Å². The van der Waals surface area contributed by atoms with Gasteiger partial charge in [0.25, 0.3) is 5.91 Å². The number of nitrogens with one attached hydrogen (secondary N) is 1. The summed E-state index contributed by atoms with van der Waals surface area (Å²) in [5.74, 6) is -1.15. The summed E-state index contributed by atoms with van der Waals surface area (Å²) in [6.07, 6.45) is 5.39. The van der Waals surface area contributed by atoms with Gasteiger partial charge in [-0.05, 0) is 31.4 Å². The van der Waals surface area contributed by atoms with Crippen LogP contribution in [0.2, 0.25) is 0 Å². The predicted molar refractivity (Wildman–Crippen MR) is 68.1 cm³/mol. The summed E-state index contributed by atoms with van der Waals surface area (Å²) in [4.78, 5) is 22.2. The number of amides is 1. The standard InChI is InChI=1S/C13H18N2O4/c16-12(17)9-19-8-6-14-13(18)11-5-2-7-15(11)10-3-1-4-10/h2,5,7,10H,1,3-4,6,8-9H2,(H,14,18)(H,16,17). The van der Waals surface area contributed by atoms with Crippen molar-refractivity contribution >= 4 is 11.9 Å². The van der Waals surface area contributed by atoms with E-state index in [1.165, 1.54) is 6.42 Å². The Labute approximate surface area is 111 Å². The van der Waals surface area contributed by atoms with Crippen LogP contribution in [0.3, 0.4) is 0 Å². The third-order valence-corrected chi connectivity index (χ3v) is 3.24. The Kier molecular flexibility index (Phi) is 4.57. The summed E-state index contributed by atoms with van der Waals surface area (Å²) in [6, 6.07) is 4.11. The number of hydrogen-bond acceptors (Lipinski definition) is 3. The maximum Gasteiger partial charge on any atom is 0.329 e. The number of rotatable bonds is 7. The second-order valence-electron chi connectivity index (χ2n) is 4.59. The highest BCUT2D eigenvalue weighted by Gasteiger charge is 2.22. The van der Waals surface area contributed by atoms with Crippen molar-refractivity contribution in [2.45, 2.75) is 25.3 Å². The van der Waals surface area contributed by atoms with Crippen molar-refractivity contribution in [1.82, 2.24) is 9.88 Å². The maximum atomic E-state index is 12.0. The van der Waals surface area contributed by atoms with Gasteiger partial charge in [-0.1, -0.05) is 0 Å². The number of hydrogen-bond donors (Lipinski definition) is 2. The van der Waals surface area contributed by atoms with E-state index in [4.69, 9.17) is 9.84 Å². The molecular formula is C13H18N2O4. The molecule has 104 valence electrons. The normalized spacial score (nSPS) is 14.9. The van der Waals surface area contributed by atoms with Crippen molar-refractivity contribution < 1.29 is 19.4 Å². The minimum absolute atomic E-state index is 0.143. The monoisotopic (exact) mass is 266 g/mol. The molecule has 0 saturated heterocycles. The average molecular weight is 266 g/mol. The molecule has 1 aromatic rings. The van der Waals surface area contributed by atoms with E-state index < -0.39 is 5.97 Å². The second-order valence-corrected chi connectivity index (χ2v) is 4.59. The molecule has 2 rings (SSSR count). The van der Waals surface area contributed by atoms with Crippen molar-refractivity contribution in [2.24, 2.45) is 0 Å². The summed E-state index contributed by atoms with van der Waals surface area (Å²) in [6.45, 7) is 0.165. The molecule has 0 unspecified atom stereocenters. The van der Waals surface area contributed by atoms with Crippen molar-refractivity contribution in [1.29, 1.82) is 0 Å². The number of aliphatic carboxylic acids is 1. The summed E-state index contributed by atoms with van der Waals surface area (Å²) < 4.78 is 6.86. The zero-order valence-corrected chi connectivity index (χ0v) is 10.7. The maximum absolute atomic E-state index is 12.0. The Morgan fingerprint density at radius 1 is 1.47 bits per heavy atom. The van der Waals surface area contributed by atoms with Gasteiger partial charge >= 0.3 is 5.97 Å². The quantitative estimate of drug-likeness (QED) is 0.723. The fourth-order valence-corrected chi connectivity index (χ4v) is 2.06. The topological polar surface area (TPSA) is 80.6 Å². The van der Waals surface area contributed by atoms with Gasteiger partial charge in [-0.25, -0.2) is 4.79 Å². The van der Waals surface area contributed by atoms with E-state index in [1.54, 1.807) is 6.07 Å². The van der Waals surface area contributed by atoms with Crippen molar-refractivity contribution in [3.05, 3.63) is 24.0 Å². The Balaban J connectivity index is 1.76. The van der Waals surface area contributed by atoms with Gasteiger partial charge in [0.05, 0.1) is 6.61 Å². The highest BCUT2D eigenvalue weighted by atomic mass is 16.5. The molecule has 19 heavy (non-hydrogen) atoms. The fraction of sp³-hybridized carbons (Fsp3) is 0.538. The second kappa shape index (κ2) is 6.38. The molecule has 0 aromatic carbocycles. The van der Waals surface area contributed by atoms with Crippen LogP contribution < -0.4 is 5.32 Å². The van der Waals surface area contributed by atoms with Crippen LogP contribution in [0.5, 0.6) is 0 Å². The van der Waals surface area contributed by atoms with Crippen molar-refractivity contribution in [3.63, 3.8) is 0 Å². The largest absolute Gasteiger partial charge is 0.480 e. The van der Waals surface area contributed by atoms with E-state index in [0.717, 1.165) is 12.8 Å². The van der Waals surface area contributed by atoms with Crippen LogP contribution in [-0.4, -0.2) is 41.3 Å². The molecule has 0 bridgehead atoms. The number of carboxylic acids is 1. The molecule has 1 heterocycles. The lowest BCUT2D eigenvalue weighted by molar-refractivity contribution is -0.142. The van der Waals surface area contributed by atoms with Gasteiger partial charge in [-0.3, -0.25) is 4.79 Å². The summed E-state index contributed by atoms with van der Waals surface area (Å²) in [5, 5.41) is 11.1. The molecule has 2 N–H and O–H groups in total. The van der Waals surface area contributed by atoms with E-state index >= 15 is 0 Å². The Bertz CT molecular complexity index is 451. The predicted octanol–water partition coefficient (Wildman–Crippen LogP) is 1.04. The van der Waals surface area contributed by atoms with Crippen LogP contribution in [0.4, 0.5) is 0 Å². The number of carbonyl (C=O) groups excluding carboxylic acids is 1. The smallest absolute Gasteiger partial charge is 0.329 e. The molecule has 1 aliphatic carbocycles. The first-order valence-electron chi connectivity index (χ1n) is 6.43. The fourth-order valence-electron chi connectivity index (χ4n) is 2.06. The van der Waals surface area contributed by atoms with Gasteiger partial charge in [-0.2, -0.15) is 0 Å². The van der Waals surface area contributed by atoms with Gasteiger partial charge in [0.1, 0.15) is 12.3 Å². The molecule has 6 nitrogen and oxygen atoms in total. The van der Waals surface area contributed by atoms with Crippen LogP contribution in [0, 0.1) is 0 Å². The van der Waals surface area contributed by atoms with E-state index in [-0.39, 0.29) is 19.1 Å². The van der Waals surface area contributed by atoms with E-state index in [9.17, 15) is 9.59 Å². The Hall–Kier alpha value is -1.82. The third kappa shape index (κ3) is 3.57. The number of carboxylic acid groups (broad SMARTS) is 1. The molecule has 0 atom stereocenters. The van der Waals surface area contributed by atoms with Crippen LogP contribution in [-0.2, 0) is 9.53 Å². The minimum atomic E-state index is -1.01. The van der Waals surface area contributed by atoms with Crippen LogP contribution >= 0.6 is 0 Å². The number of nitrogens with zero attached hydrogens (tertiary/aromatic N) is 1. The Morgan fingerprint density at radius 3 is 2.89 bits per heavy atom. The zero-order valence-electron chi connectivity index (χ0n) is 10.7. The van der Waals surface area contributed by atoms with Gasteiger partial charge in [0.2, 0.25) is 0 Å². The first-order valence-corrected chi connectivity index (χ1v) is 6.43. The molecule has 0 spiro atoms. The summed E-state index contributed by atoms with van der Waals surface area (Å²) in [5.41, 5.74) is 0.655. The van der Waals surface area contributed by atoms with Gasteiger partial charge in [0.15, 0.2) is 0 Å². The van der Waals surface area contributed by atoms with Crippen LogP contribution in [0.15, 0.2) is 18.3 Å². The van der Waals surface area contributed by atoms with Crippen LogP contribution in [0.1, 0.15) is 35.8 Å². The number of ether oxygens (including phenoxy) is 1. The lowest BCUT2D eigenvalue weighted by Crippen LogP contribution is -2.31. The van der Waals surface area contributed by atoms with Crippen molar-refractivity contribution in [2.75, 3.05) is 19.8 Å². The molecular weight excluding hydrogens is 248 g/mol. The molecule has 1 aliphatic rings. The number of carbonyl (C=O) groups is 2. The molecule has 1 fully saturated rings. The molecule has 1 saturated carbocycles. The Morgan fingerprint density at radius 2 is 2.26 bits per heavy atom. The lowest BCUT2D eigenvalue weighted by atomic mass is 9.93. The lowest BCUT2D eigenvalue weighted by Gasteiger charge is -2.28. The van der Waals surface area contributed by atoms with Gasteiger partial charge in [-0.15, -0.1) is 0 Å². The molecule has 6 heteroatoms. The van der Waals surface area contributed by atoms with E-state index in [1.807, 2.05) is 16.8 Å². The third-order valence-electron chi connectivity index (χ3n) is 3.24. The molecule has 1 amide bonds. The highest BCUT2D eigenvalue weighted by molar-refractivity contribution is 5.92. The highest BCUT2D eigenvalue weighted by Crippen LogP contribution is 2.32. The summed E-state index contributed by atoms with van der Waals surface area (Å²) in [7, 11) is 0. The van der Waals surface area contributed by atoms with Gasteiger partial charge in [0, 0.05) is 18.8 Å². The van der Waals surface area contributed by atoms with E-state index in [0.29, 0.717) is 18.3 Å². The zero-order chi connectivity index (χ0) is 13.7. The van der Waals surface area contributed by atoms with Crippen molar-refractivity contribution in [3.8, 4) is 0 Å². The summed E-state index contributed by atoms with van der Waals surface area (Å²) >= 11 is 0. The molecule has 1 aromatic heterocycles. The average Bonchev–Trinajstić information content (AvgIpc) is 2.74. The number of aromatic nitrogens is 1. The molecule has 0 radical (unpaired) electrons. The SMILES string of the molecule is O=C(O)COCCNC(=O)c1cccn1C1CCC1. The van der Waals surface area contributed by atoms with Crippen LogP contribution in [0.25, 0.3) is 0 Å². The minimum Gasteiger partial charge on any atom is -0.480 e. The first kappa shape index (κ1) is 13.6. The molecule has 0 aliphatic heterocycles. The van der Waals surface area contributed by atoms with Gasteiger partial charge < -0.3 is 19.7 Å².